The summed E-state index contributed by atoms with van der Waals surface area (Å²) in [6.07, 6.45) is 5.52. The molecule has 3 rings (SSSR count). The molecule has 2 heterocycles. The van der Waals surface area contributed by atoms with Crippen LogP contribution >= 0.6 is 0 Å². The molecular weight excluding hydrogens is 269 g/mol. The van der Waals surface area contributed by atoms with E-state index in [-0.39, 0.29) is 11.9 Å². The fourth-order valence-corrected chi connectivity index (χ4v) is 3.26. The molecule has 3 atom stereocenters. The molecule has 1 aromatic rings. The summed E-state index contributed by atoms with van der Waals surface area (Å²) in [6.45, 7) is 2.52. The highest BCUT2D eigenvalue weighted by molar-refractivity contribution is 5.19. The molecule has 2 aliphatic rings. The van der Waals surface area contributed by atoms with Crippen LogP contribution in [0.5, 0.6) is 0 Å². The summed E-state index contributed by atoms with van der Waals surface area (Å²) >= 11 is 0. The van der Waals surface area contributed by atoms with E-state index in [0.29, 0.717) is 12.1 Å². The lowest BCUT2D eigenvalue weighted by Gasteiger charge is -2.33. The van der Waals surface area contributed by atoms with Gasteiger partial charge in [0.2, 0.25) is 0 Å². The van der Waals surface area contributed by atoms with E-state index in [1.165, 1.54) is 18.6 Å². The maximum Gasteiger partial charge on any atom is 0.123 e. The Balaban J connectivity index is 1.56. The first-order valence-electron chi connectivity index (χ1n) is 8.02. The second-order valence-electron chi connectivity index (χ2n) is 6.04. The van der Waals surface area contributed by atoms with Crippen molar-refractivity contribution < 1.29 is 13.9 Å². The maximum atomic E-state index is 13.0. The standard InChI is InChI=1S/C17H24FNO2/c18-14-5-3-13(4-6-14)17-12-16(8-11-21-17)19-15-2-1-9-20-10-7-15/h3-6,15-17,19H,1-2,7-12H2. The van der Waals surface area contributed by atoms with Gasteiger partial charge in [-0.05, 0) is 49.8 Å². The molecule has 3 unspecified atom stereocenters. The number of rotatable bonds is 3. The van der Waals surface area contributed by atoms with Gasteiger partial charge in [-0.3, -0.25) is 0 Å². The number of hydrogen-bond acceptors (Lipinski definition) is 3. The van der Waals surface area contributed by atoms with Crippen LogP contribution in [0.1, 0.15) is 43.8 Å². The van der Waals surface area contributed by atoms with E-state index in [1.54, 1.807) is 0 Å². The van der Waals surface area contributed by atoms with Crippen LogP contribution in [0.15, 0.2) is 24.3 Å². The normalized spacial score (nSPS) is 30.8. The lowest BCUT2D eigenvalue weighted by molar-refractivity contribution is -0.00215. The first kappa shape index (κ1) is 14.9. The van der Waals surface area contributed by atoms with Crippen molar-refractivity contribution in [1.82, 2.24) is 5.32 Å². The van der Waals surface area contributed by atoms with Crippen molar-refractivity contribution in [2.45, 2.75) is 50.3 Å². The lowest BCUT2D eigenvalue weighted by Crippen LogP contribution is -2.42. The molecule has 2 fully saturated rings. The van der Waals surface area contributed by atoms with Crippen molar-refractivity contribution in [3.05, 3.63) is 35.6 Å². The molecule has 0 radical (unpaired) electrons. The Morgan fingerprint density at radius 1 is 0.952 bits per heavy atom. The average molecular weight is 293 g/mol. The van der Waals surface area contributed by atoms with Gasteiger partial charge < -0.3 is 14.8 Å². The number of ether oxygens (including phenoxy) is 2. The van der Waals surface area contributed by atoms with Gasteiger partial charge >= 0.3 is 0 Å². The largest absolute Gasteiger partial charge is 0.381 e. The van der Waals surface area contributed by atoms with Crippen molar-refractivity contribution in [3.8, 4) is 0 Å². The second-order valence-corrected chi connectivity index (χ2v) is 6.04. The summed E-state index contributed by atoms with van der Waals surface area (Å²) in [7, 11) is 0. The Labute approximate surface area is 125 Å². The van der Waals surface area contributed by atoms with Crippen LogP contribution in [0.25, 0.3) is 0 Å². The summed E-state index contributed by atoms with van der Waals surface area (Å²) in [5, 5.41) is 3.77. The molecule has 0 saturated carbocycles. The van der Waals surface area contributed by atoms with Gasteiger partial charge in [0, 0.05) is 31.9 Å². The number of hydrogen-bond donors (Lipinski definition) is 1. The van der Waals surface area contributed by atoms with Gasteiger partial charge in [-0.25, -0.2) is 4.39 Å². The molecular formula is C17H24FNO2. The maximum absolute atomic E-state index is 13.0. The molecule has 0 amide bonds. The Kier molecular flexibility index (Phi) is 5.22. The Morgan fingerprint density at radius 3 is 2.62 bits per heavy atom. The Morgan fingerprint density at radius 2 is 1.76 bits per heavy atom. The van der Waals surface area contributed by atoms with Gasteiger partial charge in [0.1, 0.15) is 5.82 Å². The molecule has 2 saturated heterocycles. The number of benzene rings is 1. The molecule has 3 nitrogen and oxygen atoms in total. The fraction of sp³-hybridized carbons (Fsp3) is 0.647. The van der Waals surface area contributed by atoms with Crippen LogP contribution in [-0.4, -0.2) is 31.9 Å². The summed E-state index contributed by atoms with van der Waals surface area (Å²) in [4.78, 5) is 0. The van der Waals surface area contributed by atoms with Gasteiger partial charge in [-0.1, -0.05) is 12.1 Å². The minimum absolute atomic E-state index is 0.0823. The smallest absolute Gasteiger partial charge is 0.123 e. The Bertz CT molecular complexity index is 429. The molecule has 1 aromatic carbocycles. The molecule has 0 bridgehead atoms. The van der Waals surface area contributed by atoms with Crippen LogP contribution < -0.4 is 5.32 Å². The highest BCUT2D eigenvalue weighted by atomic mass is 19.1. The molecule has 21 heavy (non-hydrogen) atoms. The zero-order valence-electron chi connectivity index (χ0n) is 12.4. The van der Waals surface area contributed by atoms with Gasteiger partial charge in [0.15, 0.2) is 0 Å². The van der Waals surface area contributed by atoms with Gasteiger partial charge in [0.25, 0.3) is 0 Å². The fourth-order valence-electron chi connectivity index (χ4n) is 3.26. The third-order valence-corrected chi connectivity index (χ3v) is 4.45. The summed E-state index contributed by atoms with van der Waals surface area (Å²) in [5.41, 5.74) is 1.08. The van der Waals surface area contributed by atoms with E-state index in [1.807, 2.05) is 12.1 Å². The van der Waals surface area contributed by atoms with Crippen molar-refractivity contribution in [2.75, 3.05) is 19.8 Å². The molecule has 0 aliphatic carbocycles. The minimum Gasteiger partial charge on any atom is -0.381 e. The summed E-state index contributed by atoms with van der Waals surface area (Å²) in [6, 6.07) is 7.74. The average Bonchev–Trinajstić information content (AvgIpc) is 2.77. The molecule has 0 aromatic heterocycles. The second kappa shape index (κ2) is 7.34. The van der Waals surface area contributed by atoms with Gasteiger partial charge in [0.05, 0.1) is 6.10 Å². The summed E-state index contributed by atoms with van der Waals surface area (Å²) in [5.74, 6) is -0.192. The topological polar surface area (TPSA) is 30.5 Å². The van der Waals surface area contributed by atoms with Crippen molar-refractivity contribution >= 4 is 0 Å². The highest BCUT2D eigenvalue weighted by Crippen LogP contribution is 2.29. The quantitative estimate of drug-likeness (QED) is 0.928. The van der Waals surface area contributed by atoms with E-state index < -0.39 is 0 Å². The first-order chi connectivity index (χ1) is 10.3. The third-order valence-electron chi connectivity index (χ3n) is 4.45. The van der Waals surface area contributed by atoms with E-state index in [4.69, 9.17) is 9.47 Å². The Hall–Kier alpha value is -0.970. The monoisotopic (exact) mass is 293 g/mol. The van der Waals surface area contributed by atoms with Crippen LogP contribution in [0, 0.1) is 5.82 Å². The zero-order valence-corrected chi connectivity index (χ0v) is 12.4. The van der Waals surface area contributed by atoms with Gasteiger partial charge in [-0.15, -0.1) is 0 Å². The van der Waals surface area contributed by atoms with Crippen LogP contribution in [0.3, 0.4) is 0 Å². The molecule has 0 spiro atoms. The van der Waals surface area contributed by atoms with Crippen molar-refractivity contribution in [1.29, 1.82) is 0 Å². The minimum atomic E-state index is -0.192. The van der Waals surface area contributed by atoms with E-state index in [2.05, 4.69) is 5.32 Å². The number of nitrogens with one attached hydrogen (secondary N) is 1. The number of halogens is 1. The highest BCUT2D eigenvalue weighted by Gasteiger charge is 2.26. The molecule has 4 heteroatoms. The van der Waals surface area contributed by atoms with Crippen LogP contribution in [0.2, 0.25) is 0 Å². The van der Waals surface area contributed by atoms with Crippen molar-refractivity contribution in [2.24, 2.45) is 0 Å². The lowest BCUT2D eigenvalue weighted by atomic mass is 9.96. The van der Waals surface area contributed by atoms with E-state index in [0.717, 1.165) is 51.1 Å². The van der Waals surface area contributed by atoms with E-state index >= 15 is 0 Å². The first-order valence-corrected chi connectivity index (χ1v) is 8.02. The predicted molar refractivity (Wildman–Crippen MR) is 79.7 cm³/mol. The van der Waals surface area contributed by atoms with Crippen molar-refractivity contribution in [3.63, 3.8) is 0 Å². The predicted octanol–water partition coefficient (Wildman–Crippen LogP) is 3.20. The van der Waals surface area contributed by atoms with E-state index in [9.17, 15) is 4.39 Å². The molecule has 2 aliphatic heterocycles. The zero-order chi connectivity index (χ0) is 14.5. The molecule has 116 valence electrons. The van der Waals surface area contributed by atoms with Crippen LogP contribution in [-0.2, 0) is 9.47 Å². The van der Waals surface area contributed by atoms with Crippen LogP contribution in [0.4, 0.5) is 4.39 Å². The van der Waals surface area contributed by atoms with Gasteiger partial charge in [-0.2, -0.15) is 0 Å². The third kappa shape index (κ3) is 4.25. The summed E-state index contributed by atoms with van der Waals surface area (Å²) < 4.78 is 24.4. The SMILES string of the molecule is Fc1ccc(C2CC(NC3CCCOCC3)CCO2)cc1. The molecule has 1 N–H and O–H groups in total.